The van der Waals surface area contributed by atoms with Crippen molar-refractivity contribution in [1.82, 2.24) is 10.2 Å². The van der Waals surface area contributed by atoms with Crippen LogP contribution in [0, 0.1) is 6.92 Å². The van der Waals surface area contributed by atoms with Gasteiger partial charge in [0, 0.05) is 51.4 Å². The first-order chi connectivity index (χ1) is 14.1. The van der Waals surface area contributed by atoms with Gasteiger partial charge in [-0.1, -0.05) is 48.0 Å². The lowest BCUT2D eigenvalue weighted by Crippen LogP contribution is -2.48. The van der Waals surface area contributed by atoms with E-state index in [-0.39, 0.29) is 5.41 Å². The molecule has 0 amide bonds. The maximum atomic E-state index is 5.73. The largest absolute Gasteiger partial charge is 0.496 e. The Morgan fingerprint density at radius 2 is 1.90 bits per heavy atom. The van der Waals surface area contributed by atoms with E-state index >= 15 is 0 Å². The van der Waals surface area contributed by atoms with Gasteiger partial charge in [-0.3, -0.25) is 4.99 Å². The maximum Gasteiger partial charge on any atom is 0.193 e. The zero-order valence-corrected chi connectivity index (χ0v) is 18.1. The number of aryl methyl sites for hydroxylation is 1. The third kappa shape index (κ3) is 5.10. The lowest BCUT2D eigenvalue weighted by molar-refractivity contribution is 0.0503. The fraction of sp³-hybridized carbons (Fsp3) is 0.458. The van der Waals surface area contributed by atoms with E-state index < -0.39 is 0 Å². The molecular formula is C24H33N3O2. The standard InChI is InChI=1S/C24H33N3O2/c1-19-10-11-22(28-4)21(16-19)24(12-14-29-15-13-24)18-26-23(25-2)27(3)17-20-8-6-5-7-9-20/h5-11,16H,12-15,17-18H2,1-4H3,(H,25,26). The second-order valence-corrected chi connectivity index (χ2v) is 7.84. The lowest BCUT2D eigenvalue weighted by Gasteiger charge is -2.39. The summed E-state index contributed by atoms with van der Waals surface area (Å²) in [5.41, 5.74) is 3.73. The SMILES string of the molecule is CN=C(NCC1(c2cc(C)ccc2OC)CCOCC1)N(C)Cc1ccccc1. The fourth-order valence-corrected chi connectivity index (χ4v) is 4.10. The van der Waals surface area contributed by atoms with Crippen LogP contribution in [0.2, 0.25) is 0 Å². The fourth-order valence-electron chi connectivity index (χ4n) is 4.10. The van der Waals surface area contributed by atoms with Gasteiger partial charge < -0.3 is 19.7 Å². The van der Waals surface area contributed by atoms with Crippen molar-refractivity contribution >= 4 is 5.96 Å². The van der Waals surface area contributed by atoms with Gasteiger partial charge in [0.2, 0.25) is 0 Å². The van der Waals surface area contributed by atoms with E-state index in [0.717, 1.165) is 50.9 Å². The molecule has 2 aromatic rings. The molecule has 5 nitrogen and oxygen atoms in total. The highest BCUT2D eigenvalue weighted by Crippen LogP contribution is 2.40. The van der Waals surface area contributed by atoms with E-state index in [9.17, 15) is 0 Å². The average molecular weight is 396 g/mol. The molecule has 0 bridgehead atoms. The van der Waals surface area contributed by atoms with Gasteiger partial charge in [0.15, 0.2) is 5.96 Å². The summed E-state index contributed by atoms with van der Waals surface area (Å²) >= 11 is 0. The average Bonchev–Trinajstić information content (AvgIpc) is 2.75. The highest BCUT2D eigenvalue weighted by atomic mass is 16.5. The van der Waals surface area contributed by atoms with E-state index in [1.54, 1.807) is 7.11 Å². The summed E-state index contributed by atoms with van der Waals surface area (Å²) in [4.78, 5) is 6.68. The third-order valence-electron chi connectivity index (χ3n) is 5.80. The molecule has 2 aromatic carbocycles. The highest BCUT2D eigenvalue weighted by molar-refractivity contribution is 5.79. The number of aliphatic imine (C=N–C) groups is 1. The van der Waals surface area contributed by atoms with Crippen LogP contribution >= 0.6 is 0 Å². The van der Waals surface area contributed by atoms with E-state index in [4.69, 9.17) is 9.47 Å². The van der Waals surface area contributed by atoms with Crippen molar-refractivity contribution in [3.8, 4) is 5.75 Å². The van der Waals surface area contributed by atoms with E-state index in [1.165, 1.54) is 16.7 Å². The van der Waals surface area contributed by atoms with Gasteiger partial charge in [-0.25, -0.2) is 0 Å². The molecular weight excluding hydrogens is 362 g/mol. The molecule has 5 heteroatoms. The Morgan fingerprint density at radius 1 is 1.17 bits per heavy atom. The summed E-state index contributed by atoms with van der Waals surface area (Å²) in [5, 5.41) is 3.63. The first kappa shape index (κ1) is 21.2. The Kier molecular flexibility index (Phi) is 7.15. The number of hydrogen-bond donors (Lipinski definition) is 1. The molecule has 3 rings (SSSR count). The molecule has 1 fully saturated rings. The van der Waals surface area contributed by atoms with Crippen LogP contribution in [0.15, 0.2) is 53.5 Å². The second-order valence-electron chi connectivity index (χ2n) is 7.84. The van der Waals surface area contributed by atoms with Crippen LogP contribution in [0.4, 0.5) is 0 Å². The van der Waals surface area contributed by atoms with Gasteiger partial charge >= 0.3 is 0 Å². The van der Waals surface area contributed by atoms with Crippen LogP contribution in [-0.2, 0) is 16.7 Å². The number of guanidine groups is 1. The number of nitrogens with zero attached hydrogens (tertiary/aromatic N) is 2. The molecule has 29 heavy (non-hydrogen) atoms. The van der Waals surface area contributed by atoms with Gasteiger partial charge in [0.05, 0.1) is 7.11 Å². The Morgan fingerprint density at radius 3 is 2.55 bits per heavy atom. The molecule has 1 saturated heterocycles. The van der Waals surface area contributed by atoms with Crippen LogP contribution in [0.1, 0.15) is 29.5 Å². The van der Waals surface area contributed by atoms with E-state index in [0.29, 0.717) is 0 Å². The van der Waals surface area contributed by atoms with Crippen molar-refractivity contribution in [2.45, 2.75) is 31.7 Å². The molecule has 0 aromatic heterocycles. The maximum absolute atomic E-state index is 5.73. The highest BCUT2D eigenvalue weighted by Gasteiger charge is 2.37. The lowest BCUT2D eigenvalue weighted by atomic mass is 9.73. The molecule has 1 N–H and O–H groups in total. The summed E-state index contributed by atoms with van der Waals surface area (Å²) < 4.78 is 11.4. The van der Waals surface area contributed by atoms with Gasteiger partial charge in [-0.2, -0.15) is 0 Å². The van der Waals surface area contributed by atoms with Crippen molar-refractivity contribution in [2.75, 3.05) is 41.0 Å². The predicted octanol–water partition coefficient (Wildman–Crippen LogP) is 3.76. The molecule has 156 valence electrons. The minimum atomic E-state index is -0.0425. The summed E-state index contributed by atoms with van der Waals surface area (Å²) in [6.07, 6.45) is 1.92. The van der Waals surface area contributed by atoms with E-state index in [2.05, 4.69) is 71.6 Å². The van der Waals surface area contributed by atoms with Gasteiger partial charge in [-0.05, 0) is 31.4 Å². The van der Waals surface area contributed by atoms with Crippen LogP contribution < -0.4 is 10.1 Å². The number of hydrogen-bond acceptors (Lipinski definition) is 3. The Hall–Kier alpha value is -2.53. The van der Waals surface area contributed by atoms with E-state index in [1.807, 2.05) is 13.1 Å². The molecule has 0 radical (unpaired) electrons. The monoisotopic (exact) mass is 395 g/mol. The molecule has 1 aliphatic rings. The van der Waals surface area contributed by atoms with Gasteiger partial charge in [-0.15, -0.1) is 0 Å². The molecule has 0 atom stereocenters. The van der Waals surface area contributed by atoms with Crippen LogP contribution in [-0.4, -0.2) is 51.8 Å². The summed E-state index contributed by atoms with van der Waals surface area (Å²) in [7, 11) is 5.67. The molecule has 0 saturated carbocycles. The first-order valence-corrected chi connectivity index (χ1v) is 10.3. The first-order valence-electron chi connectivity index (χ1n) is 10.3. The number of rotatable bonds is 6. The van der Waals surface area contributed by atoms with Crippen molar-refractivity contribution < 1.29 is 9.47 Å². The second kappa shape index (κ2) is 9.79. The minimum Gasteiger partial charge on any atom is -0.496 e. The van der Waals surface area contributed by atoms with Crippen molar-refractivity contribution in [1.29, 1.82) is 0 Å². The van der Waals surface area contributed by atoms with Crippen LogP contribution in [0.3, 0.4) is 0 Å². The molecule has 1 heterocycles. The normalized spacial score (nSPS) is 16.3. The summed E-state index contributed by atoms with van der Waals surface area (Å²) in [5.74, 6) is 1.85. The zero-order valence-electron chi connectivity index (χ0n) is 18.1. The molecule has 0 spiro atoms. The molecule has 1 aliphatic heterocycles. The topological polar surface area (TPSA) is 46.1 Å². The predicted molar refractivity (Wildman–Crippen MR) is 119 cm³/mol. The Bertz CT molecular complexity index is 814. The zero-order chi connectivity index (χ0) is 20.7. The van der Waals surface area contributed by atoms with Crippen LogP contribution in [0.25, 0.3) is 0 Å². The molecule has 0 unspecified atom stereocenters. The Balaban J connectivity index is 1.79. The summed E-state index contributed by atoms with van der Waals surface area (Å²) in [6.45, 7) is 5.26. The smallest absolute Gasteiger partial charge is 0.193 e. The van der Waals surface area contributed by atoms with Crippen molar-refractivity contribution in [3.05, 3.63) is 65.2 Å². The van der Waals surface area contributed by atoms with Gasteiger partial charge in [0.25, 0.3) is 0 Å². The van der Waals surface area contributed by atoms with Crippen molar-refractivity contribution in [2.24, 2.45) is 4.99 Å². The Labute approximate surface area is 174 Å². The molecule has 0 aliphatic carbocycles. The summed E-state index contributed by atoms with van der Waals surface area (Å²) in [6, 6.07) is 16.9. The van der Waals surface area contributed by atoms with Gasteiger partial charge in [0.1, 0.15) is 5.75 Å². The van der Waals surface area contributed by atoms with Crippen molar-refractivity contribution in [3.63, 3.8) is 0 Å². The number of ether oxygens (including phenoxy) is 2. The number of benzene rings is 2. The number of methoxy groups -OCH3 is 1. The third-order valence-corrected chi connectivity index (χ3v) is 5.80. The minimum absolute atomic E-state index is 0.0425. The van der Waals surface area contributed by atoms with Crippen LogP contribution in [0.5, 0.6) is 5.75 Å². The quantitative estimate of drug-likeness (QED) is 0.598. The number of nitrogens with one attached hydrogen (secondary N) is 1.